The van der Waals surface area contributed by atoms with E-state index in [2.05, 4.69) is 6.92 Å². The predicted molar refractivity (Wildman–Crippen MR) is 124 cm³/mol. The number of ketones is 1. The first-order valence-corrected chi connectivity index (χ1v) is 12.8. The highest BCUT2D eigenvalue weighted by Gasteiger charge is 2.41. The zero-order chi connectivity index (χ0) is 21.3. The third-order valence-electron chi connectivity index (χ3n) is 6.22. The molecule has 1 atom stereocenters. The molecule has 164 valence electrons. The smallest absolute Gasteiger partial charge is 0.247 e. The Bertz CT molecular complexity index is 761. The Morgan fingerprint density at radius 2 is 1.57 bits per heavy atom. The molecule has 0 bridgehead atoms. The maximum absolute atomic E-state index is 12.9. The third-order valence-corrected chi connectivity index (χ3v) is 7.51. The standard InChI is InChI=1S/C25H35NO3S/c1-2-3-4-5-6-7-8-9-10-11-17-30-23-18-24(28)26(25(23)29)21-14-12-13-20-19(21)15-16-22(20)27/h12-14,23H,2-11,15-18H2,1H3. The molecule has 5 heteroatoms. The number of carbonyl (C=O) groups is 3. The summed E-state index contributed by atoms with van der Waals surface area (Å²) in [5.41, 5.74) is 2.18. The van der Waals surface area contributed by atoms with Gasteiger partial charge in [0.25, 0.3) is 0 Å². The lowest BCUT2D eigenvalue weighted by molar-refractivity contribution is -0.121. The Morgan fingerprint density at radius 3 is 2.27 bits per heavy atom. The Hall–Kier alpha value is -1.62. The summed E-state index contributed by atoms with van der Waals surface area (Å²) >= 11 is 1.63. The molecule has 0 N–H and O–H groups in total. The molecule has 30 heavy (non-hydrogen) atoms. The fourth-order valence-electron chi connectivity index (χ4n) is 4.48. The second kappa shape index (κ2) is 11.7. The first-order valence-electron chi connectivity index (χ1n) is 11.8. The predicted octanol–water partition coefficient (Wildman–Crippen LogP) is 6.10. The van der Waals surface area contributed by atoms with Gasteiger partial charge in [-0.05, 0) is 30.2 Å². The molecule has 2 amide bonds. The second-order valence-corrected chi connectivity index (χ2v) is 9.85. The number of imide groups is 1. The average Bonchev–Trinajstić information content (AvgIpc) is 3.25. The van der Waals surface area contributed by atoms with Crippen molar-refractivity contribution in [2.75, 3.05) is 10.7 Å². The molecule has 0 saturated carbocycles. The summed E-state index contributed by atoms with van der Waals surface area (Å²) in [6, 6.07) is 5.39. The van der Waals surface area contributed by atoms with Gasteiger partial charge >= 0.3 is 0 Å². The number of amides is 2. The first-order chi connectivity index (χ1) is 14.6. The van der Waals surface area contributed by atoms with E-state index in [9.17, 15) is 14.4 Å². The van der Waals surface area contributed by atoms with Crippen LogP contribution in [0.15, 0.2) is 18.2 Å². The van der Waals surface area contributed by atoms with Gasteiger partial charge in [0.15, 0.2) is 5.78 Å². The van der Waals surface area contributed by atoms with Crippen molar-refractivity contribution in [3.05, 3.63) is 29.3 Å². The van der Waals surface area contributed by atoms with Crippen LogP contribution in [0.1, 0.15) is 99.9 Å². The summed E-state index contributed by atoms with van der Waals surface area (Å²) in [7, 11) is 0. The third kappa shape index (κ3) is 5.75. The number of nitrogens with zero attached hydrogens (tertiary/aromatic N) is 1. The SMILES string of the molecule is CCCCCCCCCCCCSC1CC(=O)N(c2cccc3c2CCC3=O)C1=O. The molecule has 1 aliphatic carbocycles. The van der Waals surface area contributed by atoms with Crippen LogP contribution in [0.4, 0.5) is 5.69 Å². The van der Waals surface area contributed by atoms with Crippen molar-refractivity contribution in [1.82, 2.24) is 0 Å². The van der Waals surface area contributed by atoms with Crippen LogP contribution in [0, 0.1) is 0 Å². The van der Waals surface area contributed by atoms with E-state index in [1.54, 1.807) is 23.9 Å². The van der Waals surface area contributed by atoms with E-state index in [0.717, 1.165) is 17.7 Å². The van der Waals surface area contributed by atoms with Gasteiger partial charge in [0.2, 0.25) is 11.8 Å². The molecule has 1 aromatic rings. The monoisotopic (exact) mass is 429 g/mol. The van der Waals surface area contributed by atoms with Gasteiger partial charge in [-0.1, -0.05) is 76.8 Å². The van der Waals surface area contributed by atoms with Gasteiger partial charge in [0.05, 0.1) is 10.9 Å². The fraction of sp³-hybridized carbons (Fsp3) is 0.640. The van der Waals surface area contributed by atoms with E-state index in [0.29, 0.717) is 24.1 Å². The van der Waals surface area contributed by atoms with E-state index >= 15 is 0 Å². The number of thioether (sulfide) groups is 1. The van der Waals surface area contributed by atoms with Crippen LogP contribution in [-0.4, -0.2) is 28.6 Å². The maximum Gasteiger partial charge on any atom is 0.247 e. The zero-order valence-corrected chi connectivity index (χ0v) is 19.1. The van der Waals surface area contributed by atoms with Crippen molar-refractivity contribution in [3.63, 3.8) is 0 Å². The van der Waals surface area contributed by atoms with Crippen molar-refractivity contribution in [2.24, 2.45) is 0 Å². The Morgan fingerprint density at radius 1 is 0.900 bits per heavy atom. The fourth-order valence-corrected chi connectivity index (χ4v) is 5.65. The summed E-state index contributed by atoms with van der Waals surface area (Å²) in [4.78, 5) is 38.8. The lowest BCUT2D eigenvalue weighted by Crippen LogP contribution is -2.32. The van der Waals surface area contributed by atoms with E-state index in [4.69, 9.17) is 0 Å². The molecule has 2 aliphatic rings. The van der Waals surface area contributed by atoms with Crippen LogP contribution >= 0.6 is 11.8 Å². The maximum atomic E-state index is 12.9. The Kier molecular flexibility index (Phi) is 8.98. The number of anilines is 1. The Balaban J connectivity index is 1.38. The normalized spacial score (nSPS) is 18.5. The van der Waals surface area contributed by atoms with E-state index in [1.807, 2.05) is 6.07 Å². The second-order valence-electron chi connectivity index (χ2n) is 8.54. The molecular formula is C25H35NO3S. The number of benzene rings is 1. The quantitative estimate of drug-likeness (QED) is 0.281. The van der Waals surface area contributed by atoms with Crippen molar-refractivity contribution in [2.45, 2.75) is 95.6 Å². The number of fused-ring (bicyclic) bond motifs is 1. The van der Waals surface area contributed by atoms with Crippen LogP contribution in [0.25, 0.3) is 0 Å². The molecule has 1 saturated heterocycles. The van der Waals surface area contributed by atoms with Crippen molar-refractivity contribution >= 4 is 35.0 Å². The molecule has 1 fully saturated rings. The van der Waals surface area contributed by atoms with Crippen LogP contribution in [0.3, 0.4) is 0 Å². The summed E-state index contributed by atoms with van der Waals surface area (Å²) in [5, 5.41) is -0.274. The van der Waals surface area contributed by atoms with Gasteiger partial charge in [-0.25, -0.2) is 4.90 Å². The molecule has 0 spiro atoms. The molecular weight excluding hydrogens is 394 g/mol. The molecule has 0 radical (unpaired) electrons. The summed E-state index contributed by atoms with van der Waals surface area (Å²) in [6.45, 7) is 2.25. The summed E-state index contributed by atoms with van der Waals surface area (Å²) in [6.07, 6.45) is 14.4. The number of hydrogen-bond acceptors (Lipinski definition) is 4. The van der Waals surface area contributed by atoms with Gasteiger partial charge in [0, 0.05) is 18.4 Å². The molecule has 1 unspecified atom stereocenters. The van der Waals surface area contributed by atoms with E-state index in [-0.39, 0.29) is 29.3 Å². The topological polar surface area (TPSA) is 54.5 Å². The number of rotatable bonds is 13. The highest BCUT2D eigenvalue weighted by atomic mass is 32.2. The zero-order valence-electron chi connectivity index (χ0n) is 18.3. The van der Waals surface area contributed by atoms with Crippen LogP contribution in [0.5, 0.6) is 0 Å². The summed E-state index contributed by atoms with van der Waals surface area (Å²) < 4.78 is 0. The minimum absolute atomic E-state index is 0.107. The van der Waals surface area contributed by atoms with Gasteiger partial charge in [0.1, 0.15) is 0 Å². The molecule has 4 nitrogen and oxygen atoms in total. The summed E-state index contributed by atoms with van der Waals surface area (Å²) in [5.74, 6) is 0.801. The minimum atomic E-state index is -0.274. The Labute approximate surface area is 185 Å². The van der Waals surface area contributed by atoms with Gasteiger partial charge in [-0.3, -0.25) is 14.4 Å². The molecule has 1 heterocycles. The molecule has 1 aromatic carbocycles. The van der Waals surface area contributed by atoms with Crippen LogP contribution in [0.2, 0.25) is 0 Å². The van der Waals surface area contributed by atoms with Gasteiger partial charge < -0.3 is 0 Å². The van der Waals surface area contributed by atoms with Crippen molar-refractivity contribution in [3.8, 4) is 0 Å². The van der Waals surface area contributed by atoms with Crippen molar-refractivity contribution < 1.29 is 14.4 Å². The number of Topliss-reactive ketones (excluding diaryl/α,β-unsaturated/α-hetero) is 1. The lowest BCUT2D eigenvalue weighted by atomic mass is 10.1. The average molecular weight is 430 g/mol. The van der Waals surface area contributed by atoms with Gasteiger partial charge in [-0.15, -0.1) is 11.8 Å². The van der Waals surface area contributed by atoms with Crippen molar-refractivity contribution in [1.29, 1.82) is 0 Å². The number of carbonyl (C=O) groups excluding carboxylic acids is 3. The van der Waals surface area contributed by atoms with E-state index < -0.39 is 0 Å². The van der Waals surface area contributed by atoms with Gasteiger partial charge in [-0.2, -0.15) is 0 Å². The number of hydrogen-bond donors (Lipinski definition) is 0. The lowest BCUT2D eigenvalue weighted by Gasteiger charge is -2.18. The van der Waals surface area contributed by atoms with Crippen LogP contribution in [-0.2, 0) is 16.0 Å². The van der Waals surface area contributed by atoms with E-state index in [1.165, 1.54) is 62.7 Å². The first kappa shape index (κ1) is 23.1. The highest BCUT2D eigenvalue weighted by molar-refractivity contribution is 8.00. The highest BCUT2D eigenvalue weighted by Crippen LogP contribution is 2.36. The molecule has 3 rings (SSSR count). The number of unbranched alkanes of at least 4 members (excludes halogenated alkanes) is 9. The molecule has 0 aromatic heterocycles. The molecule has 1 aliphatic heterocycles. The largest absolute Gasteiger partial charge is 0.294 e. The van der Waals surface area contributed by atoms with Crippen LogP contribution < -0.4 is 4.90 Å². The minimum Gasteiger partial charge on any atom is -0.294 e.